The number of rotatable bonds is 7. The fourth-order valence-corrected chi connectivity index (χ4v) is 1.91. The molecule has 0 spiro atoms. The summed E-state index contributed by atoms with van der Waals surface area (Å²) >= 11 is 0. The van der Waals surface area contributed by atoms with Gasteiger partial charge in [0.15, 0.2) is 0 Å². The van der Waals surface area contributed by atoms with Crippen LogP contribution in [0.2, 0.25) is 0 Å². The predicted octanol–water partition coefficient (Wildman–Crippen LogP) is 2.00. The zero-order valence-corrected chi connectivity index (χ0v) is 12.1. The van der Waals surface area contributed by atoms with Gasteiger partial charge in [-0.15, -0.1) is 0 Å². The maximum Gasteiger partial charge on any atom is 0.305 e. The van der Waals surface area contributed by atoms with Crippen molar-refractivity contribution in [1.82, 2.24) is 5.32 Å². The standard InChI is InChI=1S/C15H21NO4/c1-15(2,10-14(18)19)16-13(17)9-6-11-4-7-12(20-3)8-5-11/h4-5,7-8H,6,9-10H2,1-3H3,(H,16,17)(H,18,19). The Morgan fingerprint density at radius 2 is 1.85 bits per heavy atom. The van der Waals surface area contributed by atoms with Crippen LogP contribution in [0.5, 0.6) is 5.75 Å². The number of carboxylic acids is 1. The van der Waals surface area contributed by atoms with Crippen LogP contribution in [-0.4, -0.2) is 29.6 Å². The number of carboxylic acid groups (broad SMARTS) is 1. The van der Waals surface area contributed by atoms with Crippen LogP contribution < -0.4 is 10.1 Å². The van der Waals surface area contributed by atoms with E-state index in [4.69, 9.17) is 9.84 Å². The number of hydrogen-bond acceptors (Lipinski definition) is 3. The molecule has 0 aromatic heterocycles. The van der Waals surface area contributed by atoms with Crippen molar-refractivity contribution >= 4 is 11.9 Å². The average Bonchev–Trinajstić information content (AvgIpc) is 2.34. The molecule has 0 unspecified atom stereocenters. The molecule has 0 heterocycles. The number of nitrogens with one attached hydrogen (secondary N) is 1. The quantitative estimate of drug-likeness (QED) is 0.800. The summed E-state index contributed by atoms with van der Waals surface area (Å²) in [7, 11) is 1.60. The third-order valence-electron chi connectivity index (χ3n) is 2.87. The first kappa shape index (κ1) is 16.0. The van der Waals surface area contributed by atoms with E-state index < -0.39 is 11.5 Å². The molecule has 0 saturated carbocycles. The molecule has 0 bridgehead atoms. The van der Waals surface area contributed by atoms with Crippen molar-refractivity contribution in [3.63, 3.8) is 0 Å². The van der Waals surface area contributed by atoms with Crippen molar-refractivity contribution in [2.45, 2.75) is 38.6 Å². The molecule has 110 valence electrons. The third kappa shape index (κ3) is 5.73. The fraction of sp³-hybridized carbons (Fsp3) is 0.467. The molecule has 0 aliphatic rings. The number of aryl methyl sites for hydroxylation is 1. The molecule has 1 aromatic carbocycles. The normalized spacial score (nSPS) is 10.9. The van der Waals surface area contributed by atoms with Crippen LogP contribution in [0.15, 0.2) is 24.3 Å². The zero-order valence-electron chi connectivity index (χ0n) is 12.1. The predicted molar refractivity (Wildman–Crippen MR) is 75.8 cm³/mol. The molecular formula is C15H21NO4. The topological polar surface area (TPSA) is 75.6 Å². The van der Waals surface area contributed by atoms with Crippen LogP contribution in [0.25, 0.3) is 0 Å². The van der Waals surface area contributed by atoms with E-state index in [9.17, 15) is 9.59 Å². The molecule has 0 atom stereocenters. The minimum Gasteiger partial charge on any atom is -0.497 e. The van der Waals surface area contributed by atoms with Gasteiger partial charge in [-0.2, -0.15) is 0 Å². The maximum atomic E-state index is 11.8. The van der Waals surface area contributed by atoms with E-state index in [0.717, 1.165) is 11.3 Å². The van der Waals surface area contributed by atoms with E-state index in [1.54, 1.807) is 21.0 Å². The number of aliphatic carboxylic acids is 1. The average molecular weight is 279 g/mol. The Kier molecular flexibility index (Phi) is 5.55. The number of amides is 1. The molecule has 5 heteroatoms. The minimum absolute atomic E-state index is 0.0960. The summed E-state index contributed by atoms with van der Waals surface area (Å²) in [6.07, 6.45) is 0.843. The van der Waals surface area contributed by atoms with E-state index in [0.29, 0.717) is 12.8 Å². The maximum absolute atomic E-state index is 11.8. The number of benzene rings is 1. The van der Waals surface area contributed by atoms with Crippen molar-refractivity contribution < 1.29 is 19.4 Å². The Hall–Kier alpha value is -2.04. The Balaban J connectivity index is 2.44. The van der Waals surface area contributed by atoms with E-state index in [-0.39, 0.29) is 12.3 Å². The molecule has 20 heavy (non-hydrogen) atoms. The summed E-state index contributed by atoms with van der Waals surface area (Å²) in [6, 6.07) is 7.52. The molecule has 0 radical (unpaired) electrons. The summed E-state index contributed by atoms with van der Waals surface area (Å²) in [5.41, 5.74) is 0.306. The highest BCUT2D eigenvalue weighted by molar-refractivity contribution is 5.78. The SMILES string of the molecule is COc1ccc(CCC(=O)NC(C)(C)CC(=O)O)cc1. The second-order valence-electron chi connectivity index (χ2n) is 5.35. The fourth-order valence-electron chi connectivity index (χ4n) is 1.91. The van der Waals surface area contributed by atoms with Gasteiger partial charge in [-0.25, -0.2) is 0 Å². The second-order valence-corrected chi connectivity index (χ2v) is 5.35. The molecule has 0 aliphatic carbocycles. The van der Waals surface area contributed by atoms with E-state index in [1.165, 1.54) is 0 Å². The van der Waals surface area contributed by atoms with Gasteiger partial charge in [-0.3, -0.25) is 9.59 Å². The van der Waals surface area contributed by atoms with E-state index in [2.05, 4.69) is 5.32 Å². The summed E-state index contributed by atoms with van der Waals surface area (Å²) < 4.78 is 5.06. The number of carbonyl (C=O) groups is 2. The highest BCUT2D eigenvalue weighted by atomic mass is 16.5. The van der Waals surface area contributed by atoms with Gasteiger partial charge < -0.3 is 15.2 Å². The summed E-state index contributed by atoms with van der Waals surface area (Å²) in [4.78, 5) is 22.5. The van der Waals surface area contributed by atoms with Crippen molar-refractivity contribution in [3.8, 4) is 5.75 Å². The van der Waals surface area contributed by atoms with Crippen LogP contribution in [0, 0.1) is 0 Å². The highest BCUT2D eigenvalue weighted by Crippen LogP contribution is 2.13. The molecule has 1 rings (SSSR count). The summed E-state index contributed by atoms with van der Waals surface area (Å²) in [5.74, 6) is -0.293. The lowest BCUT2D eigenvalue weighted by molar-refractivity contribution is -0.138. The Morgan fingerprint density at radius 3 is 2.35 bits per heavy atom. The summed E-state index contributed by atoms with van der Waals surface area (Å²) in [5, 5.41) is 11.5. The van der Waals surface area contributed by atoms with Gasteiger partial charge in [0.2, 0.25) is 5.91 Å². The van der Waals surface area contributed by atoms with Gasteiger partial charge in [0.05, 0.1) is 13.5 Å². The van der Waals surface area contributed by atoms with Crippen LogP contribution in [0.3, 0.4) is 0 Å². The van der Waals surface area contributed by atoms with Gasteiger partial charge in [0, 0.05) is 12.0 Å². The summed E-state index contributed by atoms with van der Waals surface area (Å²) in [6.45, 7) is 3.40. The molecule has 1 amide bonds. The Labute approximate surface area is 118 Å². The van der Waals surface area contributed by atoms with Crippen LogP contribution in [0.1, 0.15) is 32.3 Å². The van der Waals surface area contributed by atoms with Crippen molar-refractivity contribution in [1.29, 1.82) is 0 Å². The van der Waals surface area contributed by atoms with Crippen molar-refractivity contribution in [2.24, 2.45) is 0 Å². The number of carbonyl (C=O) groups excluding carboxylic acids is 1. The molecule has 2 N–H and O–H groups in total. The van der Waals surface area contributed by atoms with Gasteiger partial charge >= 0.3 is 5.97 Å². The zero-order chi connectivity index (χ0) is 15.2. The monoisotopic (exact) mass is 279 g/mol. The largest absolute Gasteiger partial charge is 0.497 e. The Bertz CT molecular complexity index is 465. The van der Waals surface area contributed by atoms with Gasteiger partial charge in [0.25, 0.3) is 0 Å². The minimum atomic E-state index is -0.926. The second kappa shape index (κ2) is 6.93. The molecule has 0 saturated heterocycles. The molecule has 0 aliphatic heterocycles. The van der Waals surface area contributed by atoms with Crippen LogP contribution in [0.4, 0.5) is 0 Å². The lowest BCUT2D eigenvalue weighted by Crippen LogP contribution is -2.45. The number of methoxy groups -OCH3 is 1. The van der Waals surface area contributed by atoms with Gasteiger partial charge in [-0.1, -0.05) is 12.1 Å². The highest BCUT2D eigenvalue weighted by Gasteiger charge is 2.23. The van der Waals surface area contributed by atoms with Crippen molar-refractivity contribution in [2.75, 3.05) is 7.11 Å². The molecular weight excluding hydrogens is 258 g/mol. The van der Waals surface area contributed by atoms with Gasteiger partial charge in [-0.05, 0) is 38.0 Å². The van der Waals surface area contributed by atoms with Crippen LogP contribution in [-0.2, 0) is 16.0 Å². The lowest BCUT2D eigenvalue weighted by Gasteiger charge is -2.24. The molecule has 5 nitrogen and oxygen atoms in total. The first-order chi connectivity index (χ1) is 9.32. The van der Waals surface area contributed by atoms with E-state index in [1.807, 2.05) is 24.3 Å². The molecule has 0 fully saturated rings. The number of ether oxygens (including phenoxy) is 1. The Morgan fingerprint density at radius 1 is 1.25 bits per heavy atom. The third-order valence-corrected chi connectivity index (χ3v) is 2.87. The molecule has 1 aromatic rings. The number of hydrogen-bond donors (Lipinski definition) is 2. The lowest BCUT2D eigenvalue weighted by atomic mass is 10.00. The van der Waals surface area contributed by atoms with Crippen LogP contribution >= 0.6 is 0 Å². The smallest absolute Gasteiger partial charge is 0.305 e. The first-order valence-corrected chi connectivity index (χ1v) is 6.48. The van der Waals surface area contributed by atoms with Crippen molar-refractivity contribution in [3.05, 3.63) is 29.8 Å². The van der Waals surface area contributed by atoms with E-state index >= 15 is 0 Å². The van der Waals surface area contributed by atoms with Gasteiger partial charge in [0.1, 0.15) is 5.75 Å². The first-order valence-electron chi connectivity index (χ1n) is 6.48.